The van der Waals surface area contributed by atoms with Crippen molar-refractivity contribution < 1.29 is 19.1 Å². The molecule has 2 aliphatic heterocycles. The Labute approximate surface area is 209 Å². The topological polar surface area (TPSA) is 80.8 Å². The monoisotopic (exact) mass is 515 g/mol. The number of fused-ring (bicyclic) bond motifs is 2. The first kappa shape index (κ1) is 21.9. The van der Waals surface area contributed by atoms with Crippen LogP contribution in [-0.4, -0.2) is 53.0 Å². The number of carbonyl (C=O) groups excluding carboxylic acids is 2. The van der Waals surface area contributed by atoms with E-state index in [9.17, 15) is 9.59 Å². The maximum absolute atomic E-state index is 13.7. The van der Waals surface area contributed by atoms with Crippen molar-refractivity contribution in [1.29, 1.82) is 0 Å². The van der Waals surface area contributed by atoms with Crippen molar-refractivity contribution in [3.8, 4) is 21.9 Å². The number of aryl methyl sites for hydroxylation is 1. The smallest absolute Gasteiger partial charge is 0.274 e. The highest BCUT2D eigenvalue weighted by atomic mass is 35.5. The largest absolute Gasteiger partial charge is 0.484 e. The van der Waals surface area contributed by atoms with E-state index in [-0.39, 0.29) is 30.5 Å². The zero-order valence-electron chi connectivity index (χ0n) is 18.3. The lowest BCUT2D eigenvalue weighted by atomic mass is 10.1. The number of amides is 2. The number of carbonyl (C=O) groups is 2. The molecule has 10 heteroatoms. The summed E-state index contributed by atoms with van der Waals surface area (Å²) in [6.07, 6.45) is 1.19. The van der Waals surface area contributed by atoms with Crippen molar-refractivity contribution >= 4 is 46.1 Å². The summed E-state index contributed by atoms with van der Waals surface area (Å²) in [6.45, 7) is 2.46. The first-order chi connectivity index (χ1) is 16.5. The van der Waals surface area contributed by atoms with Crippen molar-refractivity contribution in [2.75, 3.05) is 13.2 Å². The molecule has 0 bridgehead atoms. The van der Waals surface area contributed by atoms with E-state index in [1.165, 1.54) is 22.7 Å². The number of hydrogen-bond acceptors (Lipinski definition) is 7. The van der Waals surface area contributed by atoms with E-state index in [1.54, 1.807) is 0 Å². The van der Waals surface area contributed by atoms with Crippen LogP contribution in [0.15, 0.2) is 35.0 Å². The van der Waals surface area contributed by atoms with Gasteiger partial charge in [-0.1, -0.05) is 23.7 Å². The number of nitrogens with one attached hydrogen (secondary N) is 1. The molecule has 4 heterocycles. The van der Waals surface area contributed by atoms with Gasteiger partial charge in [0.05, 0.1) is 15.9 Å². The van der Waals surface area contributed by atoms with Gasteiger partial charge in [0.2, 0.25) is 6.10 Å². The minimum atomic E-state index is -0.696. The van der Waals surface area contributed by atoms with Crippen molar-refractivity contribution in [3.05, 3.63) is 50.7 Å². The summed E-state index contributed by atoms with van der Waals surface area (Å²) in [5.41, 5.74) is 1.35. The second kappa shape index (κ2) is 8.55. The van der Waals surface area contributed by atoms with E-state index in [0.717, 1.165) is 28.3 Å². The Bertz CT molecular complexity index is 1270. The number of halogens is 1. The van der Waals surface area contributed by atoms with Crippen LogP contribution in [0.3, 0.4) is 0 Å². The first-order valence-corrected chi connectivity index (χ1v) is 13.3. The van der Waals surface area contributed by atoms with Gasteiger partial charge < -0.3 is 19.7 Å². The molecule has 1 aromatic carbocycles. The fraction of sp³-hybridized carbons (Fsp3) is 0.375. The standard InChI is InChI=1S/C24H22ClN3O4S2/c1-12-27-21(22(34-12)13-3-2-4-15(25)5-13)24(30)28-16(6-14-7-17(14)28)8-26-23(29)18-9-31-19-10-33-11-20(19)32-18/h2-5,10-11,14,16-18H,6-9H2,1H3,(H,26,29)/t14-,16+,17+,18?/m1/s1. The summed E-state index contributed by atoms with van der Waals surface area (Å²) in [6, 6.07) is 7.64. The molecule has 1 N–H and O–H groups in total. The predicted octanol–water partition coefficient (Wildman–Crippen LogP) is 4.39. The van der Waals surface area contributed by atoms with Gasteiger partial charge in [-0.15, -0.1) is 22.7 Å². The SMILES string of the molecule is Cc1nc(C(=O)N2[C@H](CNC(=O)C3COc4cscc4O3)C[C@@H]3C[C@@H]32)c(-c2cccc(Cl)c2)s1. The number of thiophene rings is 1. The third-order valence-electron chi connectivity index (χ3n) is 6.53. The highest BCUT2D eigenvalue weighted by Crippen LogP contribution is 2.49. The molecule has 1 saturated carbocycles. The molecule has 2 amide bonds. The van der Waals surface area contributed by atoms with Gasteiger partial charge in [0.1, 0.15) is 12.3 Å². The summed E-state index contributed by atoms with van der Waals surface area (Å²) < 4.78 is 11.4. The molecular weight excluding hydrogens is 494 g/mol. The number of piperidine rings is 1. The fourth-order valence-electron chi connectivity index (χ4n) is 4.86. The number of likely N-dealkylation sites (tertiary alicyclic amines) is 1. The highest BCUT2D eigenvalue weighted by molar-refractivity contribution is 7.15. The number of aromatic nitrogens is 1. The molecule has 1 unspecified atom stereocenters. The quantitative estimate of drug-likeness (QED) is 0.545. The maximum atomic E-state index is 13.7. The molecule has 1 aliphatic carbocycles. The number of benzene rings is 1. The number of hydrogen-bond donors (Lipinski definition) is 1. The minimum Gasteiger partial charge on any atom is -0.484 e. The molecule has 7 nitrogen and oxygen atoms in total. The van der Waals surface area contributed by atoms with Crippen LogP contribution in [0.1, 0.15) is 28.3 Å². The van der Waals surface area contributed by atoms with E-state index in [0.29, 0.717) is 34.7 Å². The van der Waals surface area contributed by atoms with Crippen molar-refractivity contribution in [3.63, 3.8) is 0 Å². The van der Waals surface area contributed by atoms with Gasteiger partial charge in [0.15, 0.2) is 11.5 Å². The lowest BCUT2D eigenvalue weighted by Crippen LogP contribution is -2.49. The summed E-state index contributed by atoms with van der Waals surface area (Å²) in [5.74, 6) is 1.46. The Kier molecular flexibility index (Phi) is 5.50. The molecule has 0 radical (unpaired) electrons. The van der Waals surface area contributed by atoms with Crippen LogP contribution >= 0.6 is 34.3 Å². The van der Waals surface area contributed by atoms with E-state index in [4.69, 9.17) is 21.1 Å². The molecule has 1 saturated heterocycles. The van der Waals surface area contributed by atoms with E-state index < -0.39 is 6.10 Å². The molecule has 2 fully saturated rings. The van der Waals surface area contributed by atoms with Gasteiger partial charge in [0, 0.05) is 28.4 Å². The summed E-state index contributed by atoms with van der Waals surface area (Å²) in [5, 5.41) is 8.12. The maximum Gasteiger partial charge on any atom is 0.274 e. The Balaban J connectivity index is 1.17. The Hall–Kier alpha value is -2.62. The lowest BCUT2D eigenvalue weighted by Gasteiger charge is -2.29. The van der Waals surface area contributed by atoms with Crippen molar-refractivity contribution in [2.45, 2.75) is 38.0 Å². The van der Waals surface area contributed by atoms with Gasteiger partial charge in [-0.05, 0) is 43.4 Å². The van der Waals surface area contributed by atoms with Gasteiger partial charge >= 0.3 is 0 Å². The summed E-state index contributed by atoms with van der Waals surface area (Å²) in [4.78, 5) is 33.8. The number of ether oxygens (including phenoxy) is 2. The Morgan fingerprint density at radius 3 is 2.97 bits per heavy atom. The number of thiazole rings is 1. The van der Waals surface area contributed by atoms with E-state index >= 15 is 0 Å². The number of nitrogens with zero attached hydrogens (tertiary/aromatic N) is 2. The average Bonchev–Trinajstić information content (AvgIpc) is 3.18. The molecule has 2 aromatic heterocycles. The molecule has 3 aliphatic rings. The molecule has 4 atom stereocenters. The van der Waals surface area contributed by atoms with Crippen LogP contribution in [0.2, 0.25) is 5.02 Å². The molecule has 0 spiro atoms. The Morgan fingerprint density at radius 2 is 2.12 bits per heavy atom. The van der Waals surface area contributed by atoms with Gasteiger partial charge in [-0.3, -0.25) is 9.59 Å². The molecule has 34 heavy (non-hydrogen) atoms. The van der Waals surface area contributed by atoms with Crippen molar-refractivity contribution in [1.82, 2.24) is 15.2 Å². The summed E-state index contributed by atoms with van der Waals surface area (Å²) >= 11 is 9.17. The summed E-state index contributed by atoms with van der Waals surface area (Å²) in [7, 11) is 0. The van der Waals surface area contributed by atoms with Crippen LogP contribution in [0.5, 0.6) is 11.5 Å². The minimum absolute atomic E-state index is 0.0735. The van der Waals surface area contributed by atoms with Crippen LogP contribution in [0, 0.1) is 12.8 Å². The molecule has 6 rings (SSSR count). The first-order valence-electron chi connectivity index (χ1n) is 11.2. The average molecular weight is 516 g/mol. The van der Waals surface area contributed by atoms with Gasteiger partial charge in [-0.25, -0.2) is 4.98 Å². The van der Waals surface area contributed by atoms with Crippen molar-refractivity contribution in [2.24, 2.45) is 5.92 Å². The van der Waals surface area contributed by atoms with Crippen LogP contribution in [0.25, 0.3) is 10.4 Å². The second-order valence-electron chi connectivity index (χ2n) is 8.85. The number of rotatable bonds is 5. The van der Waals surface area contributed by atoms with Crippen LogP contribution in [0.4, 0.5) is 0 Å². The third kappa shape index (κ3) is 3.95. The predicted molar refractivity (Wildman–Crippen MR) is 131 cm³/mol. The fourth-order valence-corrected chi connectivity index (χ4v) is 6.62. The van der Waals surface area contributed by atoms with Crippen LogP contribution in [-0.2, 0) is 4.79 Å². The van der Waals surface area contributed by atoms with E-state index in [1.807, 2.05) is 46.8 Å². The molecule has 3 aromatic rings. The van der Waals surface area contributed by atoms with Gasteiger partial charge in [-0.2, -0.15) is 0 Å². The third-order valence-corrected chi connectivity index (χ3v) is 8.48. The normalized spacial score (nSPS) is 24.6. The lowest BCUT2D eigenvalue weighted by molar-refractivity contribution is -0.130. The zero-order valence-corrected chi connectivity index (χ0v) is 20.7. The van der Waals surface area contributed by atoms with Crippen LogP contribution < -0.4 is 14.8 Å². The molecular formula is C24H22ClN3O4S2. The zero-order chi connectivity index (χ0) is 23.4. The highest BCUT2D eigenvalue weighted by Gasteiger charge is 2.54. The second-order valence-corrected chi connectivity index (χ2v) is 11.2. The van der Waals surface area contributed by atoms with Gasteiger partial charge in [0.25, 0.3) is 11.8 Å². The van der Waals surface area contributed by atoms with E-state index in [2.05, 4.69) is 10.3 Å². The molecule has 176 valence electrons. The Morgan fingerprint density at radius 1 is 1.26 bits per heavy atom.